The third-order valence-corrected chi connectivity index (χ3v) is 6.28. The molecule has 0 radical (unpaired) electrons. The number of hydrogen-bond acceptors (Lipinski definition) is 5. The van der Waals surface area contributed by atoms with Gasteiger partial charge in [0.05, 0.1) is 16.9 Å². The number of benzene rings is 2. The average Bonchev–Trinajstić information content (AvgIpc) is 3.26. The first-order valence-corrected chi connectivity index (χ1v) is 10.9. The fourth-order valence-electron chi connectivity index (χ4n) is 3.87. The Hall–Kier alpha value is -3.60. The molecule has 12 heteroatoms. The number of tetrazole rings is 1. The molecule has 0 bridgehead atoms. The van der Waals surface area contributed by atoms with Crippen molar-refractivity contribution in [3.63, 3.8) is 0 Å². The van der Waals surface area contributed by atoms with Crippen molar-refractivity contribution >= 4 is 11.6 Å². The van der Waals surface area contributed by atoms with Crippen LogP contribution in [0.2, 0.25) is 5.15 Å². The molecule has 0 aliphatic carbocycles. The summed E-state index contributed by atoms with van der Waals surface area (Å²) in [5.41, 5.74) is 2.03. The first-order valence-electron chi connectivity index (χ1n) is 10.5. The maximum atomic E-state index is 13.8. The molecule has 0 aliphatic rings. The molecule has 2 aromatic carbocycles. The Morgan fingerprint density at radius 3 is 2.31 bits per heavy atom. The van der Waals surface area contributed by atoms with Gasteiger partial charge in [-0.3, -0.25) is 4.68 Å². The Bertz CT molecular complexity index is 1490. The molecule has 0 fully saturated rings. The Morgan fingerprint density at radius 2 is 1.74 bits per heavy atom. The van der Waals surface area contributed by atoms with Crippen LogP contribution >= 0.6 is 11.6 Å². The van der Waals surface area contributed by atoms with Gasteiger partial charge in [0, 0.05) is 30.8 Å². The zero-order chi connectivity index (χ0) is 25.7. The van der Waals surface area contributed by atoms with Crippen molar-refractivity contribution in [1.29, 1.82) is 0 Å². The summed E-state index contributed by atoms with van der Waals surface area (Å²) in [5, 5.41) is 12.3. The lowest BCUT2D eigenvalue weighted by atomic mass is 10.00. The van der Waals surface area contributed by atoms with Crippen LogP contribution in [0.3, 0.4) is 0 Å². The predicted octanol–water partition coefficient (Wildman–Crippen LogP) is 4.54. The van der Waals surface area contributed by atoms with Crippen LogP contribution in [-0.4, -0.2) is 29.6 Å². The molecule has 0 saturated carbocycles. The number of hydrogen-bond donors (Lipinski definition) is 0. The summed E-state index contributed by atoms with van der Waals surface area (Å²) in [4.78, 5) is 12.3. The van der Waals surface area contributed by atoms with Crippen molar-refractivity contribution in [2.75, 3.05) is 0 Å². The second kappa shape index (κ2) is 8.88. The minimum atomic E-state index is -4.66. The zero-order valence-electron chi connectivity index (χ0n) is 19.6. The Kier molecular flexibility index (Phi) is 6.22. The van der Waals surface area contributed by atoms with Crippen molar-refractivity contribution in [3.05, 3.63) is 73.8 Å². The third-order valence-electron chi connectivity index (χ3n) is 5.75. The van der Waals surface area contributed by atoms with E-state index in [2.05, 4.69) is 15.5 Å². The number of aryl methyl sites for hydroxylation is 4. The highest BCUT2D eigenvalue weighted by atomic mass is 35.5. The standard InChI is InChI=1S/C23H22ClF3N6O2/c1-12-10-19(13(2)9-15(12)20-14(3)21(24)31(4)28-20)35-11-16-17(23(25,26)27)7-6-8-18(16)33-22(34)32(5)29-30-33/h6-10H,11H2,1-5H3. The second-order valence-electron chi connectivity index (χ2n) is 8.21. The molecule has 0 atom stereocenters. The maximum Gasteiger partial charge on any atom is 0.416 e. The molecule has 2 heterocycles. The van der Waals surface area contributed by atoms with E-state index in [9.17, 15) is 18.0 Å². The fraction of sp³-hybridized carbons (Fsp3) is 0.304. The largest absolute Gasteiger partial charge is 0.489 e. The van der Waals surface area contributed by atoms with Gasteiger partial charge < -0.3 is 4.74 Å². The molecule has 4 rings (SSSR count). The summed E-state index contributed by atoms with van der Waals surface area (Å²) in [6.45, 7) is 5.08. The molecule has 35 heavy (non-hydrogen) atoms. The van der Waals surface area contributed by atoms with Crippen molar-refractivity contribution in [1.82, 2.24) is 29.6 Å². The van der Waals surface area contributed by atoms with E-state index in [0.717, 1.165) is 37.8 Å². The van der Waals surface area contributed by atoms with Gasteiger partial charge in [-0.2, -0.15) is 27.6 Å². The van der Waals surface area contributed by atoms with Crippen LogP contribution in [0.15, 0.2) is 35.1 Å². The normalized spacial score (nSPS) is 11.8. The van der Waals surface area contributed by atoms with E-state index in [1.807, 2.05) is 19.9 Å². The van der Waals surface area contributed by atoms with Crippen LogP contribution in [0, 0.1) is 20.8 Å². The van der Waals surface area contributed by atoms with E-state index in [1.54, 1.807) is 24.7 Å². The highest BCUT2D eigenvalue weighted by molar-refractivity contribution is 6.30. The quantitative estimate of drug-likeness (QED) is 0.397. The van der Waals surface area contributed by atoms with Gasteiger partial charge in [-0.1, -0.05) is 17.7 Å². The van der Waals surface area contributed by atoms with Crippen molar-refractivity contribution in [3.8, 4) is 22.7 Å². The van der Waals surface area contributed by atoms with E-state index in [1.165, 1.54) is 19.2 Å². The highest BCUT2D eigenvalue weighted by Crippen LogP contribution is 2.37. The van der Waals surface area contributed by atoms with E-state index in [-0.39, 0.29) is 11.3 Å². The molecule has 4 aromatic rings. The predicted molar refractivity (Wildman–Crippen MR) is 124 cm³/mol. The van der Waals surface area contributed by atoms with Gasteiger partial charge in [0.25, 0.3) is 0 Å². The van der Waals surface area contributed by atoms with Crippen molar-refractivity contribution in [2.45, 2.75) is 33.6 Å². The van der Waals surface area contributed by atoms with Gasteiger partial charge in [-0.15, -0.1) is 0 Å². The van der Waals surface area contributed by atoms with E-state index < -0.39 is 24.0 Å². The second-order valence-corrected chi connectivity index (χ2v) is 8.57. The number of rotatable bonds is 5. The summed E-state index contributed by atoms with van der Waals surface area (Å²) >= 11 is 6.27. The van der Waals surface area contributed by atoms with Gasteiger partial charge in [-0.05, 0) is 66.6 Å². The lowest BCUT2D eigenvalue weighted by Crippen LogP contribution is -2.24. The SMILES string of the molecule is Cc1cc(-c2nn(C)c(Cl)c2C)c(C)cc1OCc1c(-n2nnn(C)c2=O)cccc1C(F)(F)F. The van der Waals surface area contributed by atoms with Crippen molar-refractivity contribution in [2.24, 2.45) is 14.1 Å². The molecule has 0 amide bonds. The number of halogens is 4. The molecule has 2 aromatic heterocycles. The molecule has 184 valence electrons. The van der Waals surface area contributed by atoms with Crippen LogP contribution in [-0.2, 0) is 26.9 Å². The van der Waals surface area contributed by atoms with Gasteiger partial charge in [0.15, 0.2) is 0 Å². The molecule has 0 N–H and O–H groups in total. The molecular formula is C23H22ClF3N6O2. The van der Waals surface area contributed by atoms with Gasteiger partial charge >= 0.3 is 11.9 Å². The van der Waals surface area contributed by atoms with Gasteiger partial charge in [0.2, 0.25) is 0 Å². The maximum absolute atomic E-state index is 13.8. The van der Waals surface area contributed by atoms with Gasteiger partial charge in [0.1, 0.15) is 17.5 Å². The fourth-order valence-corrected chi connectivity index (χ4v) is 4.00. The molecule has 0 spiro atoms. The van der Waals surface area contributed by atoms with E-state index >= 15 is 0 Å². The summed E-state index contributed by atoms with van der Waals surface area (Å²) in [7, 11) is 3.11. The lowest BCUT2D eigenvalue weighted by molar-refractivity contribution is -0.138. The van der Waals surface area contributed by atoms with E-state index in [0.29, 0.717) is 16.5 Å². The molecular weight excluding hydrogens is 485 g/mol. The number of ether oxygens (including phenoxy) is 1. The third kappa shape index (κ3) is 4.43. The van der Waals surface area contributed by atoms with Crippen molar-refractivity contribution < 1.29 is 17.9 Å². The smallest absolute Gasteiger partial charge is 0.416 e. The number of alkyl halides is 3. The van der Waals surface area contributed by atoms with Gasteiger partial charge in [-0.25, -0.2) is 4.79 Å². The summed E-state index contributed by atoms with van der Waals surface area (Å²) in [5.74, 6) is 0.403. The number of aromatic nitrogens is 6. The topological polar surface area (TPSA) is 79.8 Å². The van der Waals surface area contributed by atoms with E-state index in [4.69, 9.17) is 16.3 Å². The Labute approximate surface area is 203 Å². The highest BCUT2D eigenvalue weighted by Gasteiger charge is 2.35. The first-order chi connectivity index (χ1) is 16.4. The molecule has 0 saturated heterocycles. The van der Waals surface area contributed by atoms with Crippen LogP contribution < -0.4 is 10.4 Å². The first kappa shape index (κ1) is 24.5. The monoisotopic (exact) mass is 506 g/mol. The van der Waals surface area contributed by atoms with Crippen LogP contribution in [0.25, 0.3) is 16.9 Å². The zero-order valence-corrected chi connectivity index (χ0v) is 20.4. The Balaban J connectivity index is 1.74. The Morgan fingerprint density at radius 1 is 1.03 bits per heavy atom. The van der Waals surface area contributed by atoms with Crippen LogP contribution in [0.4, 0.5) is 13.2 Å². The van der Waals surface area contributed by atoms with Crippen LogP contribution in [0.1, 0.15) is 27.8 Å². The van der Waals surface area contributed by atoms with Crippen LogP contribution in [0.5, 0.6) is 5.75 Å². The average molecular weight is 507 g/mol. The molecule has 0 unspecified atom stereocenters. The minimum Gasteiger partial charge on any atom is -0.489 e. The summed E-state index contributed by atoms with van der Waals surface area (Å²) < 4.78 is 50.7. The molecule has 0 aliphatic heterocycles. The minimum absolute atomic E-state index is 0.0531. The summed E-state index contributed by atoms with van der Waals surface area (Å²) in [6, 6.07) is 7.14. The molecule has 8 nitrogen and oxygen atoms in total. The summed E-state index contributed by atoms with van der Waals surface area (Å²) in [6.07, 6.45) is -4.66. The lowest BCUT2D eigenvalue weighted by Gasteiger charge is -2.18. The number of nitrogens with zero attached hydrogens (tertiary/aromatic N) is 6.